The van der Waals surface area contributed by atoms with Crippen molar-refractivity contribution in [3.63, 3.8) is 0 Å². The van der Waals surface area contributed by atoms with E-state index in [1.54, 1.807) is 6.26 Å². The van der Waals surface area contributed by atoms with Crippen LogP contribution in [0.4, 0.5) is 0 Å². The molecule has 3 heteroatoms. The van der Waals surface area contributed by atoms with Crippen molar-refractivity contribution in [3.05, 3.63) is 24.2 Å². The Morgan fingerprint density at radius 3 is 3.15 bits per heavy atom. The molecule has 0 aromatic carbocycles. The molecule has 2 atom stereocenters. The second kappa shape index (κ2) is 3.94. The molecule has 0 amide bonds. The van der Waals surface area contributed by atoms with Crippen molar-refractivity contribution >= 4 is 0 Å². The van der Waals surface area contributed by atoms with Gasteiger partial charge in [0.05, 0.1) is 12.9 Å². The van der Waals surface area contributed by atoms with Crippen LogP contribution in [0.5, 0.6) is 0 Å². The minimum Gasteiger partial charge on any atom is -0.469 e. The standard InChI is InChI=1S/C10H15NO2/c12-7-9-4-8(6-11-9)5-10-2-1-3-13-10/h1-3,8-9,11-12H,4-7H2. The van der Waals surface area contributed by atoms with Crippen molar-refractivity contribution in [2.75, 3.05) is 13.2 Å². The highest BCUT2D eigenvalue weighted by Gasteiger charge is 2.23. The van der Waals surface area contributed by atoms with Crippen molar-refractivity contribution in [2.24, 2.45) is 5.92 Å². The lowest BCUT2D eigenvalue weighted by molar-refractivity contribution is 0.252. The zero-order chi connectivity index (χ0) is 9.10. The summed E-state index contributed by atoms with van der Waals surface area (Å²) in [6.07, 6.45) is 3.74. The van der Waals surface area contributed by atoms with Gasteiger partial charge in [0.25, 0.3) is 0 Å². The van der Waals surface area contributed by atoms with Crippen molar-refractivity contribution in [1.29, 1.82) is 0 Å². The van der Waals surface area contributed by atoms with Gasteiger partial charge < -0.3 is 14.8 Å². The van der Waals surface area contributed by atoms with Gasteiger partial charge in [-0.1, -0.05) is 0 Å². The number of aliphatic hydroxyl groups is 1. The molecule has 1 saturated heterocycles. The van der Waals surface area contributed by atoms with Crippen LogP contribution in [0.25, 0.3) is 0 Å². The molecule has 1 aromatic rings. The summed E-state index contributed by atoms with van der Waals surface area (Å²) in [5.74, 6) is 1.66. The molecule has 2 rings (SSSR count). The van der Waals surface area contributed by atoms with Crippen LogP contribution < -0.4 is 5.32 Å². The third-order valence-electron chi connectivity index (χ3n) is 2.60. The first-order valence-electron chi connectivity index (χ1n) is 4.75. The number of hydrogen-bond acceptors (Lipinski definition) is 3. The minimum absolute atomic E-state index is 0.245. The molecule has 1 aromatic heterocycles. The molecule has 0 bridgehead atoms. The van der Waals surface area contributed by atoms with E-state index < -0.39 is 0 Å². The average molecular weight is 181 g/mol. The number of nitrogens with one attached hydrogen (secondary N) is 1. The van der Waals surface area contributed by atoms with E-state index >= 15 is 0 Å². The van der Waals surface area contributed by atoms with Crippen LogP contribution in [-0.2, 0) is 6.42 Å². The Bertz CT molecular complexity index is 245. The van der Waals surface area contributed by atoms with Crippen molar-refractivity contribution in [3.8, 4) is 0 Å². The Morgan fingerprint density at radius 2 is 2.54 bits per heavy atom. The van der Waals surface area contributed by atoms with Gasteiger partial charge >= 0.3 is 0 Å². The molecule has 2 N–H and O–H groups in total. The Kier molecular flexibility index (Phi) is 2.66. The number of furan rings is 1. The summed E-state index contributed by atoms with van der Waals surface area (Å²) in [5, 5.41) is 12.2. The normalized spacial score (nSPS) is 28.1. The Hall–Kier alpha value is -0.800. The fourth-order valence-electron chi connectivity index (χ4n) is 1.91. The van der Waals surface area contributed by atoms with Gasteiger partial charge in [0.15, 0.2) is 0 Å². The molecule has 0 saturated carbocycles. The van der Waals surface area contributed by atoms with Gasteiger partial charge in [0.1, 0.15) is 5.76 Å². The predicted octanol–water partition coefficient (Wildman–Crippen LogP) is 0.792. The number of hydrogen-bond donors (Lipinski definition) is 2. The zero-order valence-electron chi connectivity index (χ0n) is 7.57. The molecule has 72 valence electrons. The van der Waals surface area contributed by atoms with Crippen molar-refractivity contribution in [2.45, 2.75) is 18.9 Å². The Morgan fingerprint density at radius 1 is 1.62 bits per heavy atom. The van der Waals surface area contributed by atoms with Gasteiger partial charge in [-0.2, -0.15) is 0 Å². The maximum Gasteiger partial charge on any atom is 0.104 e. The summed E-state index contributed by atoms with van der Waals surface area (Å²) < 4.78 is 5.27. The van der Waals surface area contributed by atoms with Gasteiger partial charge in [0.2, 0.25) is 0 Å². The lowest BCUT2D eigenvalue weighted by Crippen LogP contribution is -2.24. The van der Waals surface area contributed by atoms with Crippen molar-refractivity contribution in [1.82, 2.24) is 5.32 Å². The maximum atomic E-state index is 8.92. The topological polar surface area (TPSA) is 45.4 Å². The molecule has 0 aliphatic carbocycles. The summed E-state index contributed by atoms with van der Waals surface area (Å²) in [6, 6.07) is 4.22. The minimum atomic E-state index is 0.245. The Labute approximate surface area is 77.8 Å². The molecule has 1 aliphatic heterocycles. The lowest BCUT2D eigenvalue weighted by Gasteiger charge is -2.05. The smallest absolute Gasteiger partial charge is 0.104 e. The molecule has 1 fully saturated rings. The first kappa shape index (κ1) is 8.78. The monoisotopic (exact) mass is 181 g/mol. The van der Waals surface area contributed by atoms with E-state index in [4.69, 9.17) is 9.52 Å². The fraction of sp³-hybridized carbons (Fsp3) is 0.600. The van der Waals surface area contributed by atoms with E-state index in [1.807, 2.05) is 12.1 Å². The molecule has 13 heavy (non-hydrogen) atoms. The van der Waals surface area contributed by atoms with Gasteiger partial charge in [-0.3, -0.25) is 0 Å². The molecule has 3 nitrogen and oxygen atoms in total. The van der Waals surface area contributed by atoms with E-state index in [-0.39, 0.29) is 6.61 Å². The van der Waals surface area contributed by atoms with Gasteiger partial charge in [-0.15, -0.1) is 0 Å². The van der Waals surface area contributed by atoms with Gasteiger partial charge in [-0.25, -0.2) is 0 Å². The van der Waals surface area contributed by atoms with E-state index in [9.17, 15) is 0 Å². The van der Waals surface area contributed by atoms with Crippen LogP contribution in [-0.4, -0.2) is 24.3 Å². The third kappa shape index (κ3) is 2.11. The summed E-state index contributed by atoms with van der Waals surface area (Å²) in [7, 11) is 0. The van der Waals surface area contributed by atoms with Crippen LogP contribution in [0.15, 0.2) is 22.8 Å². The van der Waals surface area contributed by atoms with Crippen LogP contribution in [0.2, 0.25) is 0 Å². The van der Waals surface area contributed by atoms with E-state index in [0.717, 1.165) is 25.1 Å². The summed E-state index contributed by atoms with van der Waals surface area (Å²) >= 11 is 0. The maximum absolute atomic E-state index is 8.92. The Balaban J connectivity index is 1.84. The van der Waals surface area contributed by atoms with E-state index in [0.29, 0.717) is 12.0 Å². The first-order chi connectivity index (χ1) is 6.38. The number of aliphatic hydroxyl groups excluding tert-OH is 1. The van der Waals surface area contributed by atoms with E-state index in [1.165, 1.54) is 0 Å². The third-order valence-corrected chi connectivity index (χ3v) is 2.60. The van der Waals surface area contributed by atoms with Gasteiger partial charge in [0, 0.05) is 12.5 Å². The summed E-state index contributed by atoms with van der Waals surface area (Å²) in [5.41, 5.74) is 0. The van der Waals surface area contributed by atoms with Crippen LogP contribution in [0, 0.1) is 5.92 Å². The average Bonchev–Trinajstić information content (AvgIpc) is 2.76. The second-order valence-electron chi connectivity index (χ2n) is 3.67. The highest BCUT2D eigenvalue weighted by atomic mass is 16.3. The fourth-order valence-corrected chi connectivity index (χ4v) is 1.91. The molecule has 1 aliphatic rings. The first-order valence-corrected chi connectivity index (χ1v) is 4.75. The quantitative estimate of drug-likeness (QED) is 0.724. The summed E-state index contributed by atoms with van der Waals surface area (Å²) in [4.78, 5) is 0. The largest absolute Gasteiger partial charge is 0.469 e. The SMILES string of the molecule is OCC1CC(Cc2ccco2)CN1. The molecule has 0 radical (unpaired) electrons. The highest BCUT2D eigenvalue weighted by Crippen LogP contribution is 2.18. The van der Waals surface area contributed by atoms with Gasteiger partial charge in [-0.05, 0) is 31.0 Å². The van der Waals surface area contributed by atoms with Crippen LogP contribution in [0.1, 0.15) is 12.2 Å². The molecular formula is C10H15NO2. The molecule has 2 heterocycles. The van der Waals surface area contributed by atoms with Crippen LogP contribution >= 0.6 is 0 Å². The molecular weight excluding hydrogens is 166 g/mol. The van der Waals surface area contributed by atoms with Crippen molar-refractivity contribution < 1.29 is 9.52 Å². The predicted molar refractivity (Wildman–Crippen MR) is 49.4 cm³/mol. The lowest BCUT2D eigenvalue weighted by atomic mass is 10.0. The highest BCUT2D eigenvalue weighted by molar-refractivity contribution is 5.00. The zero-order valence-corrected chi connectivity index (χ0v) is 7.57. The molecule has 0 spiro atoms. The number of rotatable bonds is 3. The second-order valence-corrected chi connectivity index (χ2v) is 3.67. The van der Waals surface area contributed by atoms with Crippen LogP contribution in [0.3, 0.4) is 0 Å². The summed E-state index contributed by atoms with van der Waals surface area (Å²) in [6.45, 7) is 1.24. The van der Waals surface area contributed by atoms with E-state index in [2.05, 4.69) is 5.32 Å². The molecule has 2 unspecified atom stereocenters.